The van der Waals surface area contributed by atoms with Crippen LogP contribution in [-0.2, 0) is 23.0 Å². The summed E-state index contributed by atoms with van der Waals surface area (Å²) in [6.45, 7) is 0.688. The van der Waals surface area contributed by atoms with Crippen LogP contribution in [0.15, 0.2) is 59.9 Å². The quantitative estimate of drug-likeness (QED) is 0.637. The summed E-state index contributed by atoms with van der Waals surface area (Å²) in [7, 11) is -3.59. The predicted molar refractivity (Wildman–Crippen MR) is 105 cm³/mol. The lowest BCUT2D eigenvalue weighted by molar-refractivity contribution is 0.387. The lowest BCUT2D eigenvalue weighted by Gasteiger charge is -2.27. The Bertz CT molecular complexity index is 1100. The Kier molecular flexibility index (Phi) is 4.90. The van der Waals surface area contributed by atoms with E-state index in [4.69, 9.17) is 23.2 Å². The molecule has 3 aromatic rings. The molecule has 0 atom stereocenters. The molecule has 5 nitrogen and oxygen atoms in total. The van der Waals surface area contributed by atoms with Crippen molar-refractivity contribution in [2.24, 2.45) is 0 Å². The molecule has 2 heterocycles. The van der Waals surface area contributed by atoms with E-state index in [1.54, 1.807) is 42.6 Å². The van der Waals surface area contributed by atoms with Crippen molar-refractivity contribution in [2.75, 3.05) is 6.54 Å². The number of sulfonamides is 1. The van der Waals surface area contributed by atoms with Crippen LogP contribution >= 0.6 is 23.2 Å². The van der Waals surface area contributed by atoms with Crippen LogP contribution < -0.4 is 0 Å². The Hall–Kier alpha value is -1.99. The lowest BCUT2D eigenvalue weighted by Crippen LogP contribution is -2.36. The van der Waals surface area contributed by atoms with E-state index in [1.807, 2.05) is 6.07 Å². The number of hydrogen-bond donors (Lipinski definition) is 0. The summed E-state index contributed by atoms with van der Waals surface area (Å²) in [6.07, 6.45) is 3.75. The molecule has 138 valence electrons. The molecule has 2 aromatic carbocycles. The van der Waals surface area contributed by atoms with E-state index < -0.39 is 10.0 Å². The van der Waals surface area contributed by atoms with Crippen LogP contribution in [0.2, 0.25) is 10.0 Å². The van der Waals surface area contributed by atoms with Gasteiger partial charge in [-0.2, -0.15) is 4.31 Å². The third-order valence-electron chi connectivity index (χ3n) is 4.57. The molecule has 27 heavy (non-hydrogen) atoms. The SMILES string of the molecule is O=S(=O)(c1ccc(-c2ccc(Cl)c(Cl)c2)cc1)N1CCc2ncncc2C1. The molecule has 0 spiro atoms. The van der Waals surface area contributed by atoms with Crippen LogP contribution in [0.3, 0.4) is 0 Å². The fourth-order valence-corrected chi connectivity index (χ4v) is 4.81. The summed E-state index contributed by atoms with van der Waals surface area (Å²) in [4.78, 5) is 8.46. The summed E-state index contributed by atoms with van der Waals surface area (Å²) in [6, 6.07) is 12.1. The van der Waals surface area contributed by atoms with Gasteiger partial charge in [0.25, 0.3) is 0 Å². The molecule has 0 N–H and O–H groups in total. The molecule has 8 heteroatoms. The second kappa shape index (κ2) is 7.20. The second-order valence-electron chi connectivity index (χ2n) is 6.24. The molecule has 0 radical (unpaired) electrons. The van der Waals surface area contributed by atoms with Gasteiger partial charge in [0.2, 0.25) is 10.0 Å². The first-order chi connectivity index (χ1) is 12.9. The molecular formula is C19H15Cl2N3O2S. The zero-order valence-electron chi connectivity index (χ0n) is 14.1. The monoisotopic (exact) mass is 419 g/mol. The lowest BCUT2D eigenvalue weighted by atomic mass is 10.1. The van der Waals surface area contributed by atoms with Gasteiger partial charge in [-0.15, -0.1) is 0 Å². The van der Waals surface area contributed by atoms with Crippen molar-refractivity contribution >= 4 is 33.2 Å². The molecule has 4 rings (SSSR count). The topological polar surface area (TPSA) is 63.2 Å². The number of fused-ring (bicyclic) bond motifs is 1. The van der Waals surface area contributed by atoms with Crippen LogP contribution in [0.25, 0.3) is 11.1 Å². The summed E-state index contributed by atoms with van der Waals surface area (Å²) < 4.78 is 27.4. The van der Waals surface area contributed by atoms with Gasteiger partial charge in [0.1, 0.15) is 6.33 Å². The first-order valence-corrected chi connectivity index (χ1v) is 10.5. The average Bonchev–Trinajstić information content (AvgIpc) is 2.70. The van der Waals surface area contributed by atoms with Crippen molar-refractivity contribution in [3.63, 3.8) is 0 Å². The Labute approximate surface area is 167 Å². The van der Waals surface area contributed by atoms with E-state index in [0.29, 0.717) is 23.0 Å². The highest BCUT2D eigenvalue weighted by atomic mass is 35.5. The van der Waals surface area contributed by atoms with E-state index in [1.165, 1.54) is 10.6 Å². The number of hydrogen-bond acceptors (Lipinski definition) is 4. The van der Waals surface area contributed by atoms with E-state index >= 15 is 0 Å². The largest absolute Gasteiger partial charge is 0.244 e. The van der Waals surface area contributed by atoms with Gasteiger partial charge in [0.05, 0.1) is 14.9 Å². The molecule has 1 aliphatic heterocycles. The first-order valence-electron chi connectivity index (χ1n) is 8.28. The normalized spacial score (nSPS) is 14.7. The van der Waals surface area contributed by atoms with Crippen molar-refractivity contribution in [2.45, 2.75) is 17.9 Å². The van der Waals surface area contributed by atoms with Gasteiger partial charge < -0.3 is 0 Å². The van der Waals surface area contributed by atoms with Crippen LogP contribution in [0.4, 0.5) is 0 Å². The maximum atomic E-state index is 13.0. The van der Waals surface area contributed by atoms with Crippen LogP contribution in [0.5, 0.6) is 0 Å². The average molecular weight is 420 g/mol. The standard InChI is InChI=1S/C19H15Cl2N3O2S/c20-17-6-3-14(9-18(17)21)13-1-4-16(5-2-13)27(25,26)24-8-7-19-15(11-24)10-22-12-23-19/h1-6,9-10,12H,7-8,11H2. The molecule has 0 unspecified atom stereocenters. The molecule has 0 saturated carbocycles. The van der Waals surface area contributed by atoms with E-state index in [2.05, 4.69) is 9.97 Å². The summed E-state index contributed by atoms with van der Waals surface area (Å²) >= 11 is 12.0. The Morgan fingerprint density at radius 1 is 0.963 bits per heavy atom. The highest BCUT2D eigenvalue weighted by molar-refractivity contribution is 7.89. The fraction of sp³-hybridized carbons (Fsp3) is 0.158. The molecule has 0 fully saturated rings. The number of nitrogens with zero attached hydrogens (tertiary/aromatic N) is 3. The highest BCUT2D eigenvalue weighted by Crippen LogP contribution is 2.30. The Morgan fingerprint density at radius 3 is 2.44 bits per heavy atom. The highest BCUT2D eigenvalue weighted by Gasteiger charge is 2.28. The fourth-order valence-electron chi connectivity index (χ4n) is 3.09. The number of aromatic nitrogens is 2. The molecule has 0 bridgehead atoms. The minimum atomic E-state index is -3.59. The van der Waals surface area contributed by atoms with Crippen molar-refractivity contribution < 1.29 is 8.42 Å². The van der Waals surface area contributed by atoms with Crippen molar-refractivity contribution in [3.8, 4) is 11.1 Å². The van der Waals surface area contributed by atoms with Gasteiger partial charge in [0.15, 0.2) is 0 Å². The minimum Gasteiger partial charge on any atom is -0.244 e. The smallest absolute Gasteiger partial charge is 0.243 e. The number of rotatable bonds is 3. The number of halogens is 2. The molecule has 0 amide bonds. The van der Waals surface area contributed by atoms with Crippen molar-refractivity contribution in [1.29, 1.82) is 0 Å². The Morgan fingerprint density at radius 2 is 1.70 bits per heavy atom. The number of benzene rings is 2. The third kappa shape index (κ3) is 3.58. The van der Waals surface area contributed by atoms with Crippen LogP contribution in [0, 0.1) is 0 Å². The van der Waals surface area contributed by atoms with E-state index in [-0.39, 0.29) is 11.4 Å². The van der Waals surface area contributed by atoms with Crippen molar-refractivity contribution in [3.05, 3.63) is 76.3 Å². The van der Waals surface area contributed by atoms with Crippen LogP contribution in [0.1, 0.15) is 11.3 Å². The summed E-state index contributed by atoms with van der Waals surface area (Å²) in [5.74, 6) is 0. The van der Waals surface area contributed by atoms with Crippen LogP contribution in [-0.4, -0.2) is 29.2 Å². The molecule has 1 aliphatic rings. The van der Waals surface area contributed by atoms with Gasteiger partial charge in [0, 0.05) is 37.0 Å². The van der Waals surface area contributed by atoms with Gasteiger partial charge in [-0.25, -0.2) is 18.4 Å². The van der Waals surface area contributed by atoms with Gasteiger partial charge in [-0.3, -0.25) is 0 Å². The maximum Gasteiger partial charge on any atom is 0.243 e. The van der Waals surface area contributed by atoms with Crippen molar-refractivity contribution in [1.82, 2.24) is 14.3 Å². The van der Waals surface area contributed by atoms with Gasteiger partial charge in [-0.1, -0.05) is 41.4 Å². The predicted octanol–water partition coefficient (Wildman–Crippen LogP) is 4.20. The third-order valence-corrected chi connectivity index (χ3v) is 7.17. The summed E-state index contributed by atoms with van der Waals surface area (Å²) in [5.41, 5.74) is 3.49. The zero-order chi connectivity index (χ0) is 19.0. The second-order valence-corrected chi connectivity index (χ2v) is 8.99. The molecule has 0 aliphatic carbocycles. The minimum absolute atomic E-state index is 0.256. The molecule has 1 aromatic heterocycles. The maximum absolute atomic E-state index is 13.0. The van der Waals surface area contributed by atoms with Gasteiger partial charge >= 0.3 is 0 Å². The van der Waals surface area contributed by atoms with Gasteiger partial charge in [-0.05, 0) is 35.4 Å². The molecule has 0 saturated heterocycles. The van der Waals surface area contributed by atoms with E-state index in [9.17, 15) is 8.42 Å². The first kappa shape index (κ1) is 18.4. The Balaban J connectivity index is 1.60. The zero-order valence-corrected chi connectivity index (χ0v) is 16.5. The summed E-state index contributed by atoms with van der Waals surface area (Å²) in [5, 5.41) is 0.939. The molecular weight excluding hydrogens is 405 g/mol. The van der Waals surface area contributed by atoms with E-state index in [0.717, 1.165) is 22.4 Å².